The van der Waals surface area contributed by atoms with Crippen molar-refractivity contribution in [3.8, 4) is 11.3 Å². The second-order valence-electron chi connectivity index (χ2n) is 6.15. The van der Waals surface area contributed by atoms with Gasteiger partial charge in [-0.2, -0.15) is 0 Å². The molecule has 116 valence electrons. The number of nitrogens with one attached hydrogen (secondary N) is 1. The quantitative estimate of drug-likeness (QED) is 0.672. The number of hydrogen-bond acceptors (Lipinski definition) is 2. The van der Waals surface area contributed by atoms with Crippen molar-refractivity contribution in [2.75, 3.05) is 0 Å². The molecule has 2 rings (SSSR count). The van der Waals surface area contributed by atoms with Crippen LogP contribution in [0.2, 0.25) is 0 Å². The summed E-state index contributed by atoms with van der Waals surface area (Å²) in [6.07, 6.45) is 0. The molecule has 0 saturated carbocycles. The molecule has 0 spiro atoms. The van der Waals surface area contributed by atoms with E-state index in [-0.39, 0.29) is 17.0 Å². The maximum absolute atomic E-state index is 12.6. The highest BCUT2D eigenvalue weighted by Crippen LogP contribution is 2.22. The maximum atomic E-state index is 12.6. The Morgan fingerprint density at radius 1 is 1.18 bits per heavy atom. The van der Waals surface area contributed by atoms with Crippen LogP contribution in [0, 0.1) is 25.2 Å². The zero-order valence-electron chi connectivity index (χ0n) is 13.6. The lowest BCUT2D eigenvalue weighted by atomic mass is 10.0. The topological polar surface area (TPSA) is 71.9 Å². The summed E-state index contributed by atoms with van der Waals surface area (Å²) in [5.74, 6) is 0.138. The number of rotatable bonds is 4. The Kier molecular flexibility index (Phi) is 4.50. The van der Waals surface area contributed by atoms with Crippen LogP contribution in [0.25, 0.3) is 11.3 Å². The summed E-state index contributed by atoms with van der Waals surface area (Å²) in [5, 5.41) is 7.56. The predicted molar refractivity (Wildman–Crippen MR) is 91.5 cm³/mol. The van der Waals surface area contributed by atoms with E-state index < -0.39 is 0 Å². The summed E-state index contributed by atoms with van der Waals surface area (Å²) in [7, 11) is 0. The van der Waals surface area contributed by atoms with Crippen LogP contribution in [-0.2, 0) is 6.54 Å². The van der Waals surface area contributed by atoms with Crippen molar-refractivity contribution in [3.05, 3.63) is 57.4 Å². The van der Waals surface area contributed by atoms with Gasteiger partial charge in [0.05, 0.1) is 11.3 Å². The highest BCUT2D eigenvalue weighted by molar-refractivity contribution is 5.94. The smallest absolute Gasteiger partial charge is 0.262 e. The highest BCUT2D eigenvalue weighted by Gasteiger charge is 2.13. The van der Waals surface area contributed by atoms with Gasteiger partial charge in [-0.1, -0.05) is 26.0 Å². The van der Waals surface area contributed by atoms with Gasteiger partial charge in [-0.3, -0.25) is 10.2 Å². The van der Waals surface area contributed by atoms with Crippen molar-refractivity contribution in [2.24, 2.45) is 11.7 Å². The van der Waals surface area contributed by atoms with Crippen LogP contribution in [0.3, 0.4) is 0 Å². The van der Waals surface area contributed by atoms with Gasteiger partial charge in [-0.25, -0.2) is 0 Å². The van der Waals surface area contributed by atoms with E-state index >= 15 is 0 Å². The lowest BCUT2D eigenvalue weighted by Gasteiger charge is -2.17. The number of nitrogens with two attached hydrogens (primary N) is 1. The molecular weight excluding hydrogens is 274 g/mol. The van der Waals surface area contributed by atoms with Crippen LogP contribution in [0.5, 0.6) is 0 Å². The van der Waals surface area contributed by atoms with Gasteiger partial charge in [-0.05, 0) is 54.7 Å². The molecule has 0 fully saturated rings. The predicted octanol–water partition coefficient (Wildman–Crippen LogP) is 3.07. The van der Waals surface area contributed by atoms with Gasteiger partial charge >= 0.3 is 0 Å². The summed E-state index contributed by atoms with van der Waals surface area (Å²) in [4.78, 5) is 12.6. The lowest BCUT2D eigenvalue weighted by molar-refractivity contribution is 0.514. The first-order valence-electron chi connectivity index (χ1n) is 7.47. The van der Waals surface area contributed by atoms with Crippen LogP contribution in [0.15, 0.2) is 35.1 Å². The summed E-state index contributed by atoms with van der Waals surface area (Å²) < 4.78 is 1.73. The van der Waals surface area contributed by atoms with Crippen LogP contribution < -0.4 is 11.3 Å². The number of aromatic nitrogens is 1. The first-order valence-corrected chi connectivity index (χ1v) is 7.47. The Bertz CT molecular complexity index is 772. The fourth-order valence-corrected chi connectivity index (χ4v) is 2.48. The Hall–Kier alpha value is -2.36. The molecule has 0 unspecified atom stereocenters. The molecule has 0 aliphatic rings. The lowest BCUT2D eigenvalue weighted by Crippen LogP contribution is -2.31. The molecule has 1 aromatic carbocycles. The van der Waals surface area contributed by atoms with Gasteiger partial charge in [0.25, 0.3) is 5.56 Å². The van der Waals surface area contributed by atoms with Gasteiger partial charge in [-0.15, -0.1) is 0 Å². The van der Waals surface area contributed by atoms with Gasteiger partial charge in [0.1, 0.15) is 5.84 Å². The van der Waals surface area contributed by atoms with Gasteiger partial charge in [0.15, 0.2) is 0 Å². The van der Waals surface area contributed by atoms with Gasteiger partial charge < -0.3 is 10.3 Å². The normalized spacial score (nSPS) is 11.0. The summed E-state index contributed by atoms with van der Waals surface area (Å²) >= 11 is 0. The highest BCUT2D eigenvalue weighted by atomic mass is 16.1. The SMILES string of the molecule is Cc1ccc(-c2ccc(C(=N)N)c(=O)n2CC(C)C)cc1C. The molecule has 1 aromatic heterocycles. The van der Waals surface area contributed by atoms with Crippen molar-refractivity contribution >= 4 is 5.84 Å². The number of hydrogen-bond donors (Lipinski definition) is 2. The first-order chi connectivity index (χ1) is 10.3. The second kappa shape index (κ2) is 6.18. The molecule has 0 aliphatic heterocycles. The van der Waals surface area contributed by atoms with Crippen molar-refractivity contribution in [3.63, 3.8) is 0 Å². The molecule has 3 N–H and O–H groups in total. The molecular formula is C18H23N3O. The van der Waals surface area contributed by atoms with Gasteiger partial charge in [0, 0.05) is 6.54 Å². The molecule has 0 radical (unpaired) electrons. The number of nitrogens with zero attached hydrogens (tertiary/aromatic N) is 1. The van der Waals surface area contributed by atoms with Crippen molar-refractivity contribution in [1.82, 2.24) is 4.57 Å². The van der Waals surface area contributed by atoms with E-state index in [9.17, 15) is 4.79 Å². The third kappa shape index (κ3) is 3.11. The number of amidine groups is 1. The summed E-state index contributed by atoms with van der Waals surface area (Å²) in [6.45, 7) is 8.86. The molecule has 0 aliphatic carbocycles. The zero-order chi connectivity index (χ0) is 16.4. The molecule has 2 aromatic rings. The van der Waals surface area contributed by atoms with Crippen LogP contribution >= 0.6 is 0 Å². The minimum absolute atomic E-state index is 0.186. The van der Waals surface area contributed by atoms with Crippen molar-refractivity contribution in [2.45, 2.75) is 34.2 Å². The molecule has 0 bridgehead atoms. The molecule has 0 amide bonds. The molecule has 1 heterocycles. The molecule has 4 nitrogen and oxygen atoms in total. The molecule has 0 saturated heterocycles. The van der Waals surface area contributed by atoms with Crippen LogP contribution in [0.1, 0.15) is 30.5 Å². The van der Waals surface area contributed by atoms with Gasteiger partial charge in [0.2, 0.25) is 0 Å². The fourth-order valence-electron chi connectivity index (χ4n) is 2.48. The minimum Gasteiger partial charge on any atom is -0.384 e. The third-order valence-electron chi connectivity index (χ3n) is 3.81. The summed E-state index contributed by atoms with van der Waals surface area (Å²) in [5.41, 5.74) is 9.87. The number of benzene rings is 1. The molecule has 0 atom stereocenters. The average molecular weight is 297 g/mol. The third-order valence-corrected chi connectivity index (χ3v) is 3.81. The first kappa shape index (κ1) is 16.0. The summed E-state index contributed by atoms with van der Waals surface area (Å²) in [6, 6.07) is 9.71. The van der Waals surface area contributed by atoms with E-state index in [2.05, 4.69) is 39.8 Å². The monoisotopic (exact) mass is 297 g/mol. The van der Waals surface area contributed by atoms with Crippen molar-refractivity contribution < 1.29 is 0 Å². The van der Waals surface area contributed by atoms with Crippen LogP contribution in [0.4, 0.5) is 0 Å². The number of pyridine rings is 1. The minimum atomic E-state index is -0.197. The largest absolute Gasteiger partial charge is 0.384 e. The van der Waals surface area contributed by atoms with Crippen LogP contribution in [-0.4, -0.2) is 10.4 Å². The standard InChI is InChI=1S/C18H23N3O/c1-11(2)10-21-16(8-7-15(17(19)20)18(21)22)14-6-5-12(3)13(4)9-14/h5-9,11H,10H2,1-4H3,(H3,19,20). The van der Waals surface area contributed by atoms with E-state index in [4.69, 9.17) is 11.1 Å². The maximum Gasteiger partial charge on any atom is 0.262 e. The van der Waals surface area contributed by atoms with E-state index in [1.807, 2.05) is 12.1 Å². The van der Waals surface area contributed by atoms with E-state index in [1.165, 1.54) is 11.1 Å². The van der Waals surface area contributed by atoms with Crippen molar-refractivity contribution in [1.29, 1.82) is 5.41 Å². The number of aryl methyl sites for hydroxylation is 2. The number of nitrogen functional groups attached to an aromatic ring is 1. The Balaban J connectivity index is 2.69. The molecule has 4 heteroatoms. The Morgan fingerprint density at radius 2 is 1.86 bits per heavy atom. The average Bonchev–Trinajstić information content (AvgIpc) is 2.43. The fraction of sp³-hybridized carbons (Fsp3) is 0.333. The second-order valence-corrected chi connectivity index (χ2v) is 6.15. The van der Waals surface area contributed by atoms with E-state index in [0.717, 1.165) is 11.3 Å². The molecule has 22 heavy (non-hydrogen) atoms. The van der Waals surface area contributed by atoms with E-state index in [1.54, 1.807) is 10.6 Å². The van der Waals surface area contributed by atoms with E-state index in [0.29, 0.717) is 12.5 Å². The Labute approximate surface area is 131 Å². The zero-order valence-corrected chi connectivity index (χ0v) is 13.6. The Morgan fingerprint density at radius 3 is 2.41 bits per heavy atom.